The molecule has 0 aliphatic heterocycles. The van der Waals surface area contributed by atoms with Crippen LogP contribution in [0.4, 0.5) is 0 Å². The number of hydrogen-bond donors (Lipinski definition) is 2. The van der Waals surface area contributed by atoms with Crippen molar-refractivity contribution < 1.29 is 18.8 Å². The minimum Gasteiger partial charge on any atom is -0.497 e. The van der Waals surface area contributed by atoms with E-state index >= 15 is 0 Å². The Morgan fingerprint density at radius 2 is 2.16 bits per heavy atom. The Hall–Kier alpha value is -2.16. The van der Waals surface area contributed by atoms with E-state index in [1.807, 2.05) is 24.3 Å². The zero-order valence-corrected chi connectivity index (χ0v) is 15.3. The lowest BCUT2D eigenvalue weighted by Gasteiger charge is -2.10. The lowest BCUT2D eigenvalue weighted by atomic mass is 10.2. The zero-order chi connectivity index (χ0) is 17.4. The zero-order valence-electron chi connectivity index (χ0n) is 14.4. The van der Waals surface area contributed by atoms with Crippen LogP contribution < -0.4 is 15.4 Å². The second-order valence-corrected chi connectivity index (χ2v) is 5.15. The van der Waals surface area contributed by atoms with Gasteiger partial charge in [0.05, 0.1) is 20.3 Å². The lowest BCUT2D eigenvalue weighted by Crippen LogP contribution is -2.36. The first kappa shape index (κ1) is 20.9. The summed E-state index contributed by atoms with van der Waals surface area (Å²) in [5.74, 6) is 1.35. The van der Waals surface area contributed by atoms with Gasteiger partial charge in [-0.3, -0.25) is 4.79 Å². The second kappa shape index (κ2) is 10.7. The quantitative estimate of drug-likeness (QED) is 0.646. The summed E-state index contributed by atoms with van der Waals surface area (Å²) in [7, 11) is 3.21. The number of carbonyl (C=O) groups excluding carboxylic acids is 1. The molecule has 2 aromatic rings. The fourth-order valence-corrected chi connectivity index (χ4v) is 2.02. The molecule has 0 fully saturated rings. The topological polar surface area (TPSA) is 98.5 Å². The van der Waals surface area contributed by atoms with Crippen molar-refractivity contribution in [3.63, 3.8) is 0 Å². The molecule has 0 spiro atoms. The molecule has 8 nitrogen and oxygen atoms in total. The minimum absolute atomic E-state index is 0. The van der Waals surface area contributed by atoms with Gasteiger partial charge in [0.25, 0.3) is 0 Å². The van der Waals surface area contributed by atoms with Crippen LogP contribution >= 0.6 is 12.4 Å². The Bertz CT molecular complexity index is 665. The largest absolute Gasteiger partial charge is 0.497 e. The molecule has 0 saturated heterocycles. The van der Waals surface area contributed by atoms with Crippen molar-refractivity contribution in [2.75, 3.05) is 33.9 Å². The van der Waals surface area contributed by atoms with Crippen LogP contribution in [-0.4, -0.2) is 50.0 Å². The summed E-state index contributed by atoms with van der Waals surface area (Å²) >= 11 is 0. The first-order valence-corrected chi connectivity index (χ1v) is 7.61. The molecule has 25 heavy (non-hydrogen) atoms. The van der Waals surface area contributed by atoms with E-state index in [4.69, 9.17) is 14.0 Å². The number of amides is 1. The predicted octanol–water partition coefficient (Wildman–Crippen LogP) is 1.58. The Labute approximate surface area is 152 Å². The molecule has 0 saturated carbocycles. The predicted molar refractivity (Wildman–Crippen MR) is 94.8 cm³/mol. The van der Waals surface area contributed by atoms with Gasteiger partial charge in [0, 0.05) is 19.2 Å². The minimum atomic E-state index is -0.381. The van der Waals surface area contributed by atoms with Gasteiger partial charge in [-0.1, -0.05) is 17.3 Å². The molecule has 0 aliphatic carbocycles. The summed E-state index contributed by atoms with van der Waals surface area (Å²) in [6, 6.07) is 6.98. The molecule has 2 rings (SSSR count). The van der Waals surface area contributed by atoms with E-state index in [0.717, 1.165) is 5.56 Å². The van der Waals surface area contributed by atoms with Crippen molar-refractivity contribution in [1.29, 1.82) is 0 Å². The Kier molecular flexibility index (Phi) is 8.90. The number of ether oxygens (including phenoxy) is 2. The van der Waals surface area contributed by atoms with Crippen molar-refractivity contribution in [1.82, 2.24) is 20.8 Å². The maximum Gasteiger partial charge on any atom is 0.249 e. The van der Waals surface area contributed by atoms with E-state index in [1.54, 1.807) is 21.1 Å². The third kappa shape index (κ3) is 6.33. The third-order valence-electron chi connectivity index (χ3n) is 3.29. The van der Waals surface area contributed by atoms with E-state index in [1.165, 1.54) is 0 Å². The van der Waals surface area contributed by atoms with Crippen molar-refractivity contribution in [3.8, 4) is 17.1 Å². The molecular formula is C16H23ClN4O4. The van der Waals surface area contributed by atoms with Crippen LogP contribution in [0.25, 0.3) is 11.4 Å². The van der Waals surface area contributed by atoms with Crippen molar-refractivity contribution in [2.24, 2.45) is 0 Å². The molecule has 1 aromatic carbocycles. The number of benzene rings is 1. The summed E-state index contributed by atoms with van der Waals surface area (Å²) < 4.78 is 15.3. The van der Waals surface area contributed by atoms with Crippen LogP contribution in [0.5, 0.6) is 5.75 Å². The number of rotatable bonds is 9. The van der Waals surface area contributed by atoms with E-state index in [0.29, 0.717) is 30.6 Å². The van der Waals surface area contributed by atoms with Crippen LogP contribution in [0, 0.1) is 0 Å². The number of halogens is 1. The molecule has 1 heterocycles. The van der Waals surface area contributed by atoms with Crippen molar-refractivity contribution >= 4 is 18.3 Å². The first-order chi connectivity index (χ1) is 11.6. The Balaban J connectivity index is 0.00000312. The molecule has 0 aliphatic rings. The van der Waals surface area contributed by atoms with E-state index < -0.39 is 0 Å². The number of aromatic nitrogens is 2. The number of hydrogen-bond acceptors (Lipinski definition) is 7. The van der Waals surface area contributed by atoms with Crippen LogP contribution in [0.1, 0.15) is 18.9 Å². The summed E-state index contributed by atoms with van der Waals surface area (Å²) in [4.78, 5) is 16.2. The third-order valence-corrected chi connectivity index (χ3v) is 3.29. The lowest BCUT2D eigenvalue weighted by molar-refractivity contribution is -0.121. The van der Waals surface area contributed by atoms with E-state index in [9.17, 15) is 4.79 Å². The monoisotopic (exact) mass is 370 g/mol. The smallest absolute Gasteiger partial charge is 0.249 e. The highest BCUT2D eigenvalue weighted by atomic mass is 35.5. The SMILES string of the molecule is COCCNCC(=O)NC(C)c1nc(-c2cccc(OC)c2)no1.Cl. The molecule has 1 unspecified atom stereocenters. The highest BCUT2D eigenvalue weighted by molar-refractivity contribution is 5.85. The van der Waals surface area contributed by atoms with E-state index in [2.05, 4.69) is 20.8 Å². The molecule has 0 bridgehead atoms. The average molecular weight is 371 g/mol. The molecular weight excluding hydrogens is 348 g/mol. The van der Waals surface area contributed by atoms with Gasteiger partial charge in [0.15, 0.2) is 0 Å². The van der Waals surface area contributed by atoms with Gasteiger partial charge < -0.3 is 24.6 Å². The van der Waals surface area contributed by atoms with Crippen LogP contribution in [0.15, 0.2) is 28.8 Å². The molecule has 1 atom stereocenters. The van der Waals surface area contributed by atoms with Crippen LogP contribution in [0.2, 0.25) is 0 Å². The van der Waals surface area contributed by atoms with Gasteiger partial charge in [-0.05, 0) is 19.1 Å². The highest BCUT2D eigenvalue weighted by Gasteiger charge is 2.17. The fourth-order valence-electron chi connectivity index (χ4n) is 2.02. The molecule has 1 aromatic heterocycles. The van der Waals surface area contributed by atoms with Gasteiger partial charge in [-0.25, -0.2) is 0 Å². The second-order valence-electron chi connectivity index (χ2n) is 5.15. The average Bonchev–Trinajstić information content (AvgIpc) is 3.09. The number of carbonyl (C=O) groups is 1. The molecule has 9 heteroatoms. The van der Waals surface area contributed by atoms with Gasteiger partial charge in [0.2, 0.25) is 17.6 Å². The molecule has 0 radical (unpaired) electrons. The number of nitrogens with zero attached hydrogens (tertiary/aromatic N) is 2. The van der Waals surface area contributed by atoms with Crippen molar-refractivity contribution in [2.45, 2.75) is 13.0 Å². The summed E-state index contributed by atoms with van der Waals surface area (Å²) in [6.07, 6.45) is 0. The van der Waals surface area contributed by atoms with Gasteiger partial charge in [0.1, 0.15) is 11.8 Å². The molecule has 138 valence electrons. The maximum absolute atomic E-state index is 11.8. The van der Waals surface area contributed by atoms with Gasteiger partial charge >= 0.3 is 0 Å². The van der Waals surface area contributed by atoms with Crippen LogP contribution in [-0.2, 0) is 9.53 Å². The van der Waals surface area contributed by atoms with Crippen LogP contribution in [0.3, 0.4) is 0 Å². The number of methoxy groups -OCH3 is 2. The number of nitrogens with one attached hydrogen (secondary N) is 2. The molecule has 2 N–H and O–H groups in total. The van der Waals surface area contributed by atoms with Gasteiger partial charge in [-0.15, -0.1) is 12.4 Å². The maximum atomic E-state index is 11.8. The summed E-state index contributed by atoms with van der Waals surface area (Å²) in [5, 5.41) is 9.72. The van der Waals surface area contributed by atoms with Crippen molar-refractivity contribution in [3.05, 3.63) is 30.2 Å². The van der Waals surface area contributed by atoms with Gasteiger partial charge in [-0.2, -0.15) is 4.98 Å². The fraction of sp³-hybridized carbons (Fsp3) is 0.438. The Morgan fingerprint density at radius 1 is 1.36 bits per heavy atom. The summed E-state index contributed by atoms with van der Waals surface area (Å²) in [6.45, 7) is 3.15. The summed E-state index contributed by atoms with van der Waals surface area (Å²) in [5.41, 5.74) is 0.782. The normalized spacial score (nSPS) is 11.5. The standard InChI is InChI=1S/C16H22N4O4.ClH/c1-11(18-14(21)10-17-7-8-22-2)16-19-15(20-24-16)12-5-4-6-13(9-12)23-3;/h4-6,9,11,17H,7-8,10H2,1-3H3,(H,18,21);1H. The molecule has 1 amide bonds. The van der Waals surface area contributed by atoms with E-state index in [-0.39, 0.29) is 30.9 Å². The first-order valence-electron chi connectivity index (χ1n) is 7.61. The Morgan fingerprint density at radius 3 is 2.88 bits per heavy atom. The highest BCUT2D eigenvalue weighted by Crippen LogP contribution is 2.22.